The van der Waals surface area contributed by atoms with E-state index in [-0.39, 0.29) is 83.9 Å². The summed E-state index contributed by atoms with van der Waals surface area (Å²) < 4.78 is 29.5. The first-order valence-corrected chi connectivity index (χ1v) is 25.4. The molecule has 0 aliphatic rings. The third-order valence-corrected chi connectivity index (χ3v) is 16.2. The Labute approximate surface area is 474 Å². The third kappa shape index (κ3) is 12.4. The number of halogens is 12. The molecule has 0 bridgehead atoms. The molecule has 0 aliphatic carbocycles. The number of nitro groups is 4. The largest absolute Gasteiger partial charge is 0.272 e. The van der Waals surface area contributed by atoms with Crippen LogP contribution in [0.5, 0.6) is 0 Å². The monoisotopic (exact) mass is 1230 g/mol. The normalized spacial score (nSPS) is 11.0. The van der Waals surface area contributed by atoms with Crippen LogP contribution in [0.25, 0.3) is 44.5 Å². The van der Waals surface area contributed by atoms with E-state index in [4.69, 9.17) is 116 Å². The Hall–Kier alpha value is -5.18. The quantitative estimate of drug-likeness (QED) is 0.0846. The van der Waals surface area contributed by atoms with Crippen molar-refractivity contribution in [1.29, 1.82) is 0 Å². The van der Waals surface area contributed by atoms with Gasteiger partial charge in [-0.25, -0.2) is 8.78 Å². The fourth-order valence-corrected chi connectivity index (χ4v) is 12.0. The van der Waals surface area contributed by atoms with E-state index in [2.05, 4.69) is 0 Å². The van der Waals surface area contributed by atoms with Crippen LogP contribution in [0.15, 0.2) is 141 Å². The van der Waals surface area contributed by atoms with Gasteiger partial charge in [0.2, 0.25) is 0 Å². The summed E-state index contributed by atoms with van der Waals surface area (Å²) in [5.41, 5.74) is 0.303. The predicted molar refractivity (Wildman–Crippen MR) is 292 cm³/mol. The summed E-state index contributed by atoms with van der Waals surface area (Å²) in [6.45, 7) is 0. The molecule has 0 amide bonds. The zero-order valence-corrected chi connectivity index (χ0v) is 45.1. The summed E-state index contributed by atoms with van der Waals surface area (Å²) in [6, 6.07) is 27.0. The molecule has 0 unspecified atom stereocenters. The lowest BCUT2D eigenvalue weighted by atomic mass is 10.0. The fourth-order valence-electron chi connectivity index (χ4n) is 7.00. The van der Waals surface area contributed by atoms with Crippen LogP contribution in [0, 0.1) is 52.1 Å². The zero-order valence-electron chi connectivity index (χ0n) is 36.0. The number of benzene rings is 8. The van der Waals surface area contributed by atoms with Crippen molar-refractivity contribution in [2.75, 3.05) is 0 Å². The maximum Gasteiger partial charge on any atom is 0.272 e. The van der Waals surface area contributed by atoms with Gasteiger partial charge in [-0.05, 0) is 83.9 Å². The van der Waals surface area contributed by atoms with Crippen molar-refractivity contribution in [2.45, 2.75) is 19.6 Å². The first kappa shape index (κ1) is 56.5. The lowest BCUT2D eigenvalue weighted by molar-refractivity contribution is -0.385. The topological polar surface area (TPSA) is 173 Å². The molecule has 12 nitrogen and oxygen atoms in total. The Morgan fingerprint density at radius 1 is 0.338 bits per heavy atom. The minimum Gasteiger partial charge on any atom is -0.258 e. The van der Waals surface area contributed by atoms with Gasteiger partial charge in [0.1, 0.15) is 11.6 Å². The molecule has 0 radical (unpaired) electrons. The van der Waals surface area contributed by atoms with Gasteiger partial charge in [0, 0.05) is 109 Å². The fraction of sp³-hybridized carbons (Fsp3) is 0. The molecule has 0 spiro atoms. The highest BCUT2D eigenvalue weighted by atomic mass is 35.5. The minimum atomic E-state index is -0.888. The highest BCUT2D eigenvalue weighted by Crippen LogP contribution is 2.51. The smallest absolute Gasteiger partial charge is 0.258 e. The maximum absolute atomic E-state index is 14.7. The highest BCUT2D eigenvalue weighted by Gasteiger charge is 2.25. The first-order chi connectivity index (χ1) is 34.9. The van der Waals surface area contributed by atoms with Crippen molar-refractivity contribution in [3.05, 3.63) is 224 Å². The van der Waals surface area contributed by atoms with Gasteiger partial charge >= 0.3 is 0 Å². The predicted octanol–water partition coefficient (Wildman–Crippen LogP) is 20.8. The number of non-ortho nitro benzene ring substituents is 4. The third-order valence-electron chi connectivity index (χ3n) is 10.3. The van der Waals surface area contributed by atoms with Gasteiger partial charge < -0.3 is 0 Å². The molecule has 0 fully saturated rings. The molecule has 26 heteroatoms. The van der Waals surface area contributed by atoms with E-state index in [1.807, 2.05) is 0 Å². The van der Waals surface area contributed by atoms with Crippen LogP contribution >= 0.6 is 140 Å². The van der Waals surface area contributed by atoms with E-state index in [9.17, 15) is 49.2 Å². The van der Waals surface area contributed by atoms with Crippen LogP contribution in [-0.2, 0) is 0 Å². The van der Waals surface area contributed by atoms with Crippen molar-refractivity contribution >= 4 is 162 Å². The van der Waals surface area contributed by atoms with Crippen LogP contribution in [-0.4, -0.2) is 19.7 Å². The molecule has 0 atom stereocenters. The summed E-state index contributed by atoms with van der Waals surface area (Å²) in [7, 11) is 0. The number of nitrogens with zero attached hydrogens (tertiary/aromatic N) is 4. The van der Waals surface area contributed by atoms with Gasteiger partial charge in [-0.15, -0.1) is 0 Å². The molecule has 8 aromatic carbocycles. The number of rotatable bonds is 12. The van der Waals surface area contributed by atoms with Crippen molar-refractivity contribution in [1.82, 2.24) is 0 Å². The van der Waals surface area contributed by atoms with E-state index in [1.165, 1.54) is 72.4 Å². The molecule has 376 valence electrons. The Morgan fingerprint density at radius 2 is 0.622 bits per heavy atom. The molecule has 8 aromatic rings. The Bertz CT molecular complexity index is 3440. The maximum atomic E-state index is 14.7. The van der Waals surface area contributed by atoms with Crippen LogP contribution < -0.4 is 0 Å². The Kier molecular flexibility index (Phi) is 18.2. The van der Waals surface area contributed by atoms with Gasteiger partial charge in [0.25, 0.3) is 22.7 Å². The van der Waals surface area contributed by atoms with Gasteiger partial charge in [-0.2, -0.15) is 0 Å². The number of hydrogen-bond acceptors (Lipinski definition) is 10. The lowest BCUT2D eigenvalue weighted by Crippen LogP contribution is -1.94. The van der Waals surface area contributed by atoms with Crippen LogP contribution in [0.1, 0.15) is 0 Å². The average Bonchev–Trinajstić information content (AvgIpc) is 3.33. The molecule has 0 aromatic heterocycles. The van der Waals surface area contributed by atoms with Gasteiger partial charge in [-0.1, -0.05) is 140 Å². The standard InChI is InChI=1S/C24H10Cl6N2O4S.C24H10Cl4F2N2O4S/c25-13-5-11(7-15(9-13)31(33)34)21-17(27)1-3-19(23(21)29)37-20-4-2-18(28)22(24(20)30)12-6-14(26)10-16(8-12)32(35)36;25-15-5-7-19(23(27)21(15)13-3-1-11(31(33)34)9-17(13)29)37-20-8-6-16(26)22(24(20)28)14-4-2-12(32(35)36)10-18(14)30/h2*1-10H. The number of nitro benzene ring substituents is 4. The van der Waals surface area contributed by atoms with Crippen LogP contribution in [0.3, 0.4) is 0 Å². The summed E-state index contributed by atoms with van der Waals surface area (Å²) in [5, 5.41) is 46.1. The Balaban J connectivity index is 0.000000216. The van der Waals surface area contributed by atoms with Crippen molar-refractivity contribution in [3.8, 4) is 44.5 Å². The second-order valence-electron chi connectivity index (χ2n) is 14.9. The van der Waals surface area contributed by atoms with E-state index in [0.29, 0.717) is 41.8 Å². The summed E-state index contributed by atoms with van der Waals surface area (Å²) >= 11 is 66.5. The van der Waals surface area contributed by atoms with Gasteiger partial charge in [0.15, 0.2) is 0 Å². The second kappa shape index (κ2) is 23.8. The molecule has 0 N–H and O–H groups in total. The van der Waals surface area contributed by atoms with E-state index < -0.39 is 42.7 Å². The van der Waals surface area contributed by atoms with Crippen molar-refractivity contribution < 1.29 is 28.5 Å². The molecule has 0 aliphatic heterocycles. The summed E-state index contributed by atoms with van der Waals surface area (Å²) in [4.78, 5) is 43.8. The molecule has 0 saturated carbocycles. The molecular formula is C48H20Cl10F2N4O8S2. The molecule has 0 heterocycles. The molecule has 8 rings (SSSR count). The minimum absolute atomic E-state index is 0.0427. The molecular weight excluding hydrogens is 1220 g/mol. The van der Waals surface area contributed by atoms with Crippen LogP contribution in [0.2, 0.25) is 50.2 Å². The summed E-state index contributed by atoms with van der Waals surface area (Å²) in [5.74, 6) is -1.78. The van der Waals surface area contributed by atoms with E-state index in [1.54, 1.807) is 36.4 Å². The zero-order chi connectivity index (χ0) is 54.0. The molecule has 74 heavy (non-hydrogen) atoms. The average molecular weight is 1240 g/mol. The number of hydrogen-bond donors (Lipinski definition) is 0. The van der Waals surface area contributed by atoms with Gasteiger partial charge in [-0.3, -0.25) is 40.5 Å². The van der Waals surface area contributed by atoms with Crippen molar-refractivity contribution in [2.24, 2.45) is 0 Å². The molecule has 0 saturated heterocycles. The highest BCUT2D eigenvalue weighted by molar-refractivity contribution is 7.99. The Morgan fingerprint density at radius 3 is 0.905 bits per heavy atom. The lowest BCUT2D eigenvalue weighted by Gasteiger charge is -2.15. The summed E-state index contributed by atoms with van der Waals surface area (Å²) in [6.07, 6.45) is 0. The van der Waals surface area contributed by atoms with E-state index in [0.717, 1.165) is 36.0 Å². The van der Waals surface area contributed by atoms with E-state index >= 15 is 0 Å². The van der Waals surface area contributed by atoms with Crippen molar-refractivity contribution in [3.63, 3.8) is 0 Å². The SMILES string of the molecule is O=[N+]([O-])c1cc(Cl)cc(-c2c(Cl)ccc(Sc3ccc(Cl)c(-c4cc(Cl)cc([N+](=O)[O-])c4)c3Cl)c2Cl)c1.O=[N+]([O-])c1ccc(-c2c(Cl)ccc(Sc3ccc(Cl)c(-c4ccc([N+](=O)[O-])cc4F)c3Cl)c2Cl)c(F)c1. The first-order valence-electron chi connectivity index (χ1n) is 20.0. The second-order valence-corrected chi connectivity index (χ2v) is 21.1. The van der Waals surface area contributed by atoms with Gasteiger partial charge in [0.05, 0.1) is 62.0 Å². The van der Waals surface area contributed by atoms with Crippen LogP contribution in [0.4, 0.5) is 31.5 Å².